The summed E-state index contributed by atoms with van der Waals surface area (Å²) in [7, 11) is 0. The van der Waals surface area contributed by atoms with Crippen LogP contribution in [0.2, 0.25) is 10.0 Å². The van der Waals surface area contributed by atoms with Gasteiger partial charge in [0.05, 0.1) is 29.6 Å². The predicted molar refractivity (Wildman–Crippen MR) is 145 cm³/mol. The number of piperidine rings is 1. The van der Waals surface area contributed by atoms with Gasteiger partial charge in [-0.25, -0.2) is 4.98 Å². The maximum absolute atomic E-state index is 14.3. The number of hydrogen-bond acceptors (Lipinski definition) is 3. The maximum Gasteiger partial charge on any atom is 0.304 e. The van der Waals surface area contributed by atoms with Crippen LogP contribution >= 0.6 is 39.1 Å². The molecule has 188 valence electrons. The molecule has 0 spiro atoms. The number of hydrogen-bond donors (Lipinski definition) is 1. The first kappa shape index (κ1) is 26.6. The van der Waals surface area contributed by atoms with Crippen molar-refractivity contribution in [2.24, 2.45) is 5.41 Å². The third-order valence-corrected chi connectivity index (χ3v) is 7.86. The van der Waals surface area contributed by atoms with E-state index in [4.69, 9.17) is 23.2 Å². The average molecular weight is 590 g/mol. The van der Waals surface area contributed by atoms with E-state index in [9.17, 15) is 14.7 Å². The summed E-state index contributed by atoms with van der Waals surface area (Å²) in [5.74, 6) is -1.40. The summed E-state index contributed by atoms with van der Waals surface area (Å²) in [5.41, 5.74) is 1.50. The number of carboxylic acids is 1. The van der Waals surface area contributed by atoms with Crippen molar-refractivity contribution in [3.8, 4) is 0 Å². The van der Waals surface area contributed by atoms with Gasteiger partial charge in [-0.1, -0.05) is 67.4 Å². The lowest BCUT2D eigenvalue weighted by atomic mass is 9.67. The fraction of sp³-hybridized carbons (Fsp3) is 0.321. The first-order valence-electron chi connectivity index (χ1n) is 11.8. The van der Waals surface area contributed by atoms with Gasteiger partial charge in [-0.05, 0) is 76.3 Å². The molecule has 1 amide bonds. The molecule has 1 aromatic heterocycles. The Hall–Kier alpha value is -2.41. The van der Waals surface area contributed by atoms with E-state index in [0.29, 0.717) is 27.5 Å². The zero-order chi connectivity index (χ0) is 26.0. The number of halogens is 3. The molecule has 0 saturated carbocycles. The van der Waals surface area contributed by atoms with Crippen molar-refractivity contribution < 1.29 is 14.7 Å². The molecule has 1 unspecified atom stereocenters. The van der Waals surface area contributed by atoms with Gasteiger partial charge in [0, 0.05) is 16.0 Å². The van der Waals surface area contributed by atoms with Gasteiger partial charge in [0.25, 0.3) is 0 Å². The minimum absolute atomic E-state index is 0.197. The highest BCUT2D eigenvalue weighted by Crippen LogP contribution is 2.54. The lowest BCUT2D eigenvalue weighted by Crippen LogP contribution is -2.53. The van der Waals surface area contributed by atoms with Crippen LogP contribution in [0.5, 0.6) is 0 Å². The van der Waals surface area contributed by atoms with Crippen molar-refractivity contribution in [3.05, 3.63) is 98.2 Å². The van der Waals surface area contributed by atoms with Crippen LogP contribution in [0.4, 0.5) is 0 Å². The molecule has 3 aromatic rings. The van der Waals surface area contributed by atoms with E-state index in [0.717, 1.165) is 16.8 Å². The second-order valence-corrected chi connectivity index (χ2v) is 11.2. The number of nitrogens with zero attached hydrogens (tertiary/aromatic N) is 2. The van der Waals surface area contributed by atoms with Crippen molar-refractivity contribution in [3.63, 3.8) is 0 Å². The molecule has 1 N–H and O–H groups in total. The Labute approximate surface area is 229 Å². The number of carboxylic acid groups (broad SMARTS) is 1. The molecule has 2 heterocycles. The van der Waals surface area contributed by atoms with Gasteiger partial charge in [-0.15, -0.1) is 0 Å². The van der Waals surface area contributed by atoms with Crippen LogP contribution in [0.15, 0.2) is 71.3 Å². The van der Waals surface area contributed by atoms with Crippen LogP contribution in [0, 0.1) is 5.41 Å². The standard InChI is InChI=1S/C28H27BrCl2N2O3/c1-3-23(22-8-5-9-24(29)32-22)33-26(17-10-12-19(30)13-11-17)21(18-6-4-7-20(31)14-18)15-28(2,27(33)36)16-25(34)35/h4-14,21,23,26H,3,15-16H2,1-2H3,(H,34,35)/t21?,23-,26+,28+/m0/s1. The summed E-state index contributed by atoms with van der Waals surface area (Å²) < 4.78 is 0.672. The normalized spacial score (nSPS) is 22.9. The van der Waals surface area contributed by atoms with Gasteiger partial charge >= 0.3 is 5.97 Å². The number of aromatic nitrogens is 1. The first-order chi connectivity index (χ1) is 17.1. The second kappa shape index (κ2) is 10.9. The molecular weight excluding hydrogens is 563 g/mol. The average Bonchev–Trinajstić information content (AvgIpc) is 2.82. The van der Waals surface area contributed by atoms with Crippen LogP contribution in [0.1, 0.15) is 67.9 Å². The lowest BCUT2D eigenvalue weighted by Gasteiger charge is -2.51. The monoisotopic (exact) mass is 588 g/mol. The Bertz CT molecular complexity index is 1270. The molecule has 2 aromatic carbocycles. The van der Waals surface area contributed by atoms with Gasteiger partial charge < -0.3 is 10.0 Å². The number of likely N-dealkylation sites (tertiary alicyclic amines) is 1. The Morgan fingerprint density at radius 1 is 1.11 bits per heavy atom. The fourth-order valence-corrected chi connectivity index (χ4v) is 6.06. The van der Waals surface area contributed by atoms with Gasteiger partial charge in [0.15, 0.2) is 0 Å². The van der Waals surface area contributed by atoms with Crippen LogP contribution < -0.4 is 0 Å². The number of benzene rings is 2. The highest BCUT2D eigenvalue weighted by Gasteiger charge is 2.52. The van der Waals surface area contributed by atoms with E-state index in [-0.39, 0.29) is 30.3 Å². The molecule has 4 rings (SSSR count). The molecule has 1 fully saturated rings. The smallest absolute Gasteiger partial charge is 0.304 e. The second-order valence-electron chi connectivity index (χ2n) is 9.51. The largest absolute Gasteiger partial charge is 0.481 e. The van der Waals surface area contributed by atoms with Crippen LogP contribution in [-0.2, 0) is 9.59 Å². The van der Waals surface area contributed by atoms with Crippen LogP contribution in [0.3, 0.4) is 0 Å². The molecule has 0 radical (unpaired) electrons. The van der Waals surface area contributed by atoms with E-state index in [1.165, 1.54) is 0 Å². The molecule has 36 heavy (non-hydrogen) atoms. The summed E-state index contributed by atoms with van der Waals surface area (Å²) in [6.07, 6.45) is 0.699. The quantitative estimate of drug-likeness (QED) is 0.285. The van der Waals surface area contributed by atoms with Gasteiger partial charge in [0.1, 0.15) is 4.60 Å². The zero-order valence-corrected chi connectivity index (χ0v) is 23.1. The SMILES string of the molecule is CC[C@@H](c1cccc(Br)n1)N1C(=O)[C@@](C)(CC(=O)O)CC(c2cccc(Cl)c2)[C@H]1c1ccc(Cl)cc1. The van der Waals surface area contributed by atoms with Crippen molar-refractivity contribution >= 4 is 51.0 Å². The van der Waals surface area contributed by atoms with Crippen LogP contribution in [0.25, 0.3) is 0 Å². The highest BCUT2D eigenvalue weighted by atomic mass is 79.9. The molecule has 4 atom stereocenters. The maximum atomic E-state index is 14.3. The predicted octanol–water partition coefficient (Wildman–Crippen LogP) is 7.84. The Morgan fingerprint density at radius 2 is 1.81 bits per heavy atom. The van der Waals surface area contributed by atoms with E-state index >= 15 is 0 Å². The zero-order valence-electron chi connectivity index (χ0n) is 20.0. The Morgan fingerprint density at radius 3 is 2.42 bits per heavy atom. The highest BCUT2D eigenvalue weighted by molar-refractivity contribution is 9.10. The molecule has 0 bridgehead atoms. The first-order valence-corrected chi connectivity index (χ1v) is 13.4. The van der Waals surface area contributed by atoms with E-state index in [2.05, 4.69) is 20.9 Å². The fourth-order valence-electron chi connectivity index (χ4n) is 5.38. The molecule has 1 saturated heterocycles. The summed E-state index contributed by atoms with van der Waals surface area (Å²) in [6.45, 7) is 3.77. The van der Waals surface area contributed by atoms with E-state index in [1.807, 2.05) is 78.6 Å². The van der Waals surface area contributed by atoms with Crippen molar-refractivity contribution in [2.75, 3.05) is 0 Å². The van der Waals surface area contributed by atoms with Crippen molar-refractivity contribution in [2.45, 2.75) is 51.1 Å². The molecule has 8 heteroatoms. The Kier molecular flexibility index (Phi) is 8.08. The van der Waals surface area contributed by atoms with Gasteiger partial charge in [0.2, 0.25) is 5.91 Å². The van der Waals surface area contributed by atoms with Crippen LogP contribution in [-0.4, -0.2) is 26.9 Å². The lowest BCUT2D eigenvalue weighted by molar-refractivity contribution is -0.161. The third kappa shape index (κ3) is 5.46. The minimum atomic E-state index is -1.11. The third-order valence-electron chi connectivity index (χ3n) is 6.93. The molecule has 5 nitrogen and oxygen atoms in total. The summed E-state index contributed by atoms with van der Waals surface area (Å²) in [4.78, 5) is 32.8. The number of carbonyl (C=O) groups is 2. The van der Waals surface area contributed by atoms with E-state index < -0.39 is 11.4 Å². The van der Waals surface area contributed by atoms with E-state index in [1.54, 1.807) is 6.92 Å². The van der Waals surface area contributed by atoms with Crippen molar-refractivity contribution in [1.29, 1.82) is 0 Å². The van der Waals surface area contributed by atoms with Gasteiger partial charge in [-0.3, -0.25) is 9.59 Å². The molecule has 1 aliphatic rings. The summed E-state index contributed by atoms with van der Waals surface area (Å²) in [5, 5.41) is 11.0. The number of rotatable bonds is 7. The van der Waals surface area contributed by atoms with Crippen molar-refractivity contribution in [1.82, 2.24) is 9.88 Å². The van der Waals surface area contributed by atoms with Gasteiger partial charge in [-0.2, -0.15) is 0 Å². The summed E-state index contributed by atoms with van der Waals surface area (Å²) in [6, 6.07) is 20.0. The summed E-state index contributed by atoms with van der Waals surface area (Å²) >= 11 is 16.1. The molecular formula is C28H27BrCl2N2O3. The number of amides is 1. The Balaban J connectivity index is 1.96. The minimum Gasteiger partial charge on any atom is -0.481 e. The number of carbonyl (C=O) groups excluding carboxylic acids is 1. The molecule has 1 aliphatic heterocycles. The molecule has 0 aliphatic carbocycles. The number of aliphatic carboxylic acids is 1. The number of pyridine rings is 1. The topological polar surface area (TPSA) is 70.5 Å².